The van der Waals surface area contributed by atoms with E-state index in [1.54, 1.807) is 24.0 Å². The standard InChI is InChI=1S/C22H24FN3O3/c1-15-18(26-10-4-3-8-20(26)24-15)13-21(27)25-11-9-19(22(2,28)14-25)29-17-7-5-6-16(23)12-17/h3-8,10,12,19,28H,9,11,13-14H2,1-2H3/t19-,22-/m0/s1. The van der Waals surface area contributed by atoms with Gasteiger partial charge in [0.15, 0.2) is 0 Å². The number of likely N-dealkylation sites (tertiary alicyclic amines) is 1. The normalized spacial score (nSPS) is 22.1. The molecule has 7 heteroatoms. The molecule has 0 saturated carbocycles. The number of nitrogens with zero attached hydrogens (tertiary/aromatic N) is 3. The first-order valence-corrected chi connectivity index (χ1v) is 9.68. The number of halogens is 1. The Morgan fingerprint density at radius 3 is 2.93 bits per heavy atom. The highest BCUT2D eigenvalue weighted by molar-refractivity contribution is 5.79. The number of aromatic nitrogens is 2. The van der Waals surface area contributed by atoms with Crippen molar-refractivity contribution < 1.29 is 19.0 Å². The zero-order valence-electron chi connectivity index (χ0n) is 16.5. The molecule has 2 aromatic heterocycles. The van der Waals surface area contributed by atoms with E-state index in [0.29, 0.717) is 18.7 Å². The molecule has 152 valence electrons. The van der Waals surface area contributed by atoms with E-state index in [1.165, 1.54) is 12.1 Å². The van der Waals surface area contributed by atoms with E-state index in [2.05, 4.69) is 4.98 Å². The van der Waals surface area contributed by atoms with E-state index in [0.717, 1.165) is 17.0 Å². The molecule has 1 fully saturated rings. The van der Waals surface area contributed by atoms with E-state index in [1.807, 2.05) is 35.7 Å². The quantitative estimate of drug-likeness (QED) is 0.735. The summed E-state index contributed by atoms with van der Waals surface area (Å²) in [7, 11) is 0. The van der Waals surface area contributed by atoms with Crippen LogP contribution in [0.3, 0.4) is 0 Å². The summed E-state index contributed by atoms with van der Waals surface area (Å²) in [5.41, 5.74) is 1.24. The fourth-order valence-electron chi connectivity index (χ4n) is 3.89. The molecule has 29 heavy (non-hydrogen) atoms. The van der Waals surface area contributed by atoms with Gasteiger partial charge < -0.3 is 19.1 Å². The van der Waals surface area contributed by atoms with Gasteiger partial charge in [-0.05, 0) is 38.1 Å². The number of aliphatic hydroxyl groups is 1. The molecule has 0 bridgehead atoms. The molecule has 1 amide bonds. The Kier molecular flexibility index (Phi) is 5.00. The lowest BCUT2D eigenvalue weighted by molar-refractivity contribution is -0.145. The maximum absolute atomic E-state index is 13.4. The average Bonchev–Trinajstić information content (AvgIpc) is 2.98. The van der Waals surface area contributed by atoms with Crippen molar-refractivity contribution in [3.05, 3.63) is 65.9 Å². The number of imidazole rings is 1. The number of fused-ring (bicyclic) bond motifs is 1. The Hall–Kier alpha value is -2.93. The van der Waals surface area contributed by atoms with Crippen molar-refractivity contribution in [1.29, 1.82) is 0 Å². The Bertz CT molecular complexity index is 1050. The summed E-state index contributed by atoms with van der Waals surface area (Å²) >= 11 is 0. The number of hydrogen-bond donors (Lipinski definition) is 1. The summed E-state index contributed by atoms with van der Waals surface area (Å²) in [6.07, 6.45) is 2.04. The lowest BCUT2D eigenvalue weighted by Gasteiger charge is -2.42. The smallest absolute Gasteiger partial charge is 0.228 e. The molecule has 0 aliphatic carbocycles. The van der Waals surface area contributed by atoms with Gasteiger partial charge in [-0.3, -0.25) is 4.79 Å². The third-order valence-corrected chi connectivity index (χ3v) is 5.44. The zero-order chi connectivity index (χ0) is 20.6. The van der Waals surface area contributed by atoms with Crippen LogP contribution in [-0.4, -0.2) is 50.1 Å². The number of rotatable bonds is 4. The molecule has 0 unspecified atom stereocenters. The van der Waals surface area contributed by atoms with E-state index in [4.69, 9.17) is 4.74 Å². The first-order valence-electron chi connectivity index (χ1n) is 9.68. The maximum atomic E-state index is 13.4. The second-order valence-electron chi connectivity index (χ2n) is 7.77. The van der Waals surface area contributed by atoms with Crippen LogP contribution >= 0.6 is 0 Å². The molecule has 4 rings (SSSR count). The Morgan fingerprint density at radius 1 is 1.34 bits per heavy atom. The van der Waals surface area contributed by atoms with Gasteiger partial charge in [0.25, 0.3) is 0 Å². The van der Waals surface area contributed by atoms with E-state index in [9.17, 15) is 14.3 Å². The van der Waals surface area contributed by atoms with Crippen molar-refractivity contribution in [2.45, 2.75) is 38.4 Å². The highest BCUT2D eigenvalue weighted by atomic mass is 19.1. The highest BCUT2D eigenvalue weighted by Crippen LogP contribution is 2.27. The molecule has 0 spiro atoms. The van der Waals surface area contributed by atoms with Gasteiger partial charge in [0, 0.05) is 25.2 Å². The molecule has 1 saturated heterocycles. The monoisotopic (exact) mass is 397 g/mol. The number of carbonyl (C=O) groups excluding carboxylic acids is 1. The highest BCUT2D eigenvalue weighted by Gasteiger charge is 2.41. The van der Waals surface area contributed by atoms with Crippen LogP contribution < -0.4 is 4.74 Å². The molecular formula is C22H24FN3O3. The van der Waals surface area contributed by atoms with Crippen LogP contribution in [0, 0.1) is 12.7 Å². The van der Waals surface area contributed by atoms with Crippen LogP contribution in [0.4, 0.5) is 4.39 Å². The van der Waals surface area contributed by atoms with Gasteiger partial charge in [-0.15, -0.1) is 0 Å². The number of piperidine rings is 1. The van der Waals surface area contributed by atoms with E-state index >= 15 is 0 Å². The summed E-state index contributed by atoms with van der Waals surface area (Å²) in [5, 5.41) is 10.9. The van der Waals surface area contributed by atoms with Crippen LogP contribution in [0.2, 0.25) is 0 Å². The number of pyridine rings is 1. The fourth-order valence-corrected chi connectivity index (χ4v) is 3.89. The summed E-state index contributed by atoms with van der Waals surface area (Å²) in [5.74, 6) is -0.0854. The van der Waals surface area contributed by atoms with Gasteiger partial charge in [0.1, 0.15) is 28.9 Å². The Labute approximate surface area is 168 Å². The number of aryl methyl sites for hydroxylation is 1. The minimum Gasteiger partial charge on any atom is -0.487 e. The summed E-state index contributed by atoms with van der Waals surface area (Å²) in [4.78, 5) is 19.1. The fraction of sp³-hybridized carbons (Fsp3) is 0.364. The van der Waals surface area contributed by atoms with Crippen molar-refractivity contribution in [2.75, 3.05) is 13.1 Å². The first kappa shape index (κ1) is 19.4. The maximum Gasteiger partial charge on any atom is 0.228 e. The van der Waals surface area contributed by atoms with E-state index < -0.39 is 17.5 Å². The number of carbonyl (C=O) groups is 1. The third-order valence-electron chi connectivity index (χ3n) is 5.44. The number of hydrogen-bond acceptors (Lipinski definition) is 4. The predicted octanol–water partition coefficient (Wildman–Crippen LogP) is 2.76. The van der Waals surface area contributed by atoms with E-state index in [-0.39, 0.29) is 18.9 Å². The molecule has 3 heterocycles. The van der Waals surface area contributed by atoms with Gasteiger partial charge in [-0.25, -0.2) is 9.37 Å². The lowest BCUT2D eigenvalue weighted by Crippen LogP contribution is -2.58. The van der Waals surface area contributed by atoms with Crippen LogP contribution in [0.5, 0.6) is 5.75 Å². The number of β-amino-alcohol motifs (C(OH)–C–C–N with tert-alkyl or cyclic N) is 1. The average molecular weight is 397 g/mol. The van der Waals surface area contributed by atoms with Crippen molar-refractivity contribution in [2.24, 2.45) is 0 Å². The Morgan fingerprint density at radius 2 is 2.17 bits per heavy atom. The minimum atomic E-state index is -1.24. The van der Waals surface area contributed by atoms with Crippen molar-refractivity contribution in [3.8, 4) is 5.75 Å². The first-order chi connectivity index (χ1) is 13.8. The molecule has 1 aliphatic heterocycles. The molecule has 1 aromatic carbocycles. The largest absolute Gasteiger partial charge is 0.487 e. The SMILES string of the molecule is Cc1nc2ccccn2c1CC(=O)N1CC[C@H](Oc2cccc(F)c2)[C@@](C)(O)C1. The molecule has 3 aromatic rings. The number of ether oxygens (including phenoxy) is 1. The second kappa shape index (κ2) is 7.48. The van der Waals surface area contributed by atoms with Gasteiger partial charge in [0.05, 0.1) is 24.4 Å². The second-order valence-corrected chi connectivity index (χ2v) is 7.77. The van der Waals surface area contributed by atoms with Crippen molar-refractivity contribution in [3.63, 3.8) is 0 Å². The summed E-state index contributed by atoms with van der Waals surface area (Å²) in [6, 6.07) is 11.6. The molecule has 2 atom stereocenters. The van der Waals surface area contributed by atoms with Crippen molar-refractivity contribution >= 4 is 11.6 Å². The predicted molar refractivity (Wildman–Crippen MR) is 106 cm³/mol. The minimum absolute atomic E-state index is 0.0665. The molecular weight excluding hydrogens is 373 g/mol. The molecule has 0 radical (unpaired) electrons. The molecule has 1 N–H and O–H groups in total. The number of benzene rings is 1. The van der Waals surface area contributed by atoms with Crippen LogP contribution in [0.15, 0.2) is 48.7 Å². The van der Waals surface area contributed by atoms with Gasteiger partial charge in [-0.2, -0.15) is 0 Å². The van der Waals surface area contributed by atoms with Crippen LogP contribution in [0.25, 0.3) is 5.65 Å². The van der Waals surface area contributed by atoms with Crippen molar-refractivity contribution in [1.82, 2.24) is 14.3 Å². The van der Waals surface area contributed by atoms with Gasteiger partial charge in [-0.1, -0.05) is 12.1 Å². The molecule has 1 aliphatic rings. The number of amides is 1. The Balaban J connectivity index is 1.45. The van der Waals surface area contributed by atoms with Crippen LogP contribution in [0.1, 0.15) is 24.7 Å². The molecule has 6 nitrogen and oxygen atoms in total. The summed E-state index contributed by atoms with van der Waals surface area (Å²) < 4.78 is 21.1. The topological polar surface area (TPSA) is 67.1 Å². The third kappa shape index (κ3) is 3.96. The summed E-state index contributed by atoms with van der Waals surface area (Å²) in [6.45, 7) is 4.16. The van der Waals surface area contributed by atoms with Gasteiger partial charge in [0.2, 0.25) is 5.91 Å². The zero-order valence-corrected chi connectivity index (χ0v) is 16.5. The van der Waals surface area contributed by atoms with Crippen LogP contribution in [-0.2, 0) is 11.2 Å². The lowest BCUT2D eigenvalue weighted by atomic mass is 9.91. The van der Waals surface area contributed by atoms with Gasteiger partial charge >= 0.3 is 0 Å².